The van der Waals surface area contributed by atoms with Crippen LogP contribution in [-0.2, 0) is 6.54 Å². The fourth-order valence-corrected chi connectivity index (χ4v) is 2.54. The summed E-state index contributed by atoms with van der Waals surface area (Å²) < 4.78 is 1.72. The molecular formula is C19H22N2O. The van der Waals surface area contributed by atoms with Gasteiger partial charge in [-0.15, -0.1) is 0 Å². The van der Waals surface area contributed by atoms with Crippen molar-refractivity contribution in [2.24, 2.45) is 0 Å². The summed E-state index contributed by atoms with van der Waals surface area (Å²) >= 11 is 0. The van der Waals surface area contributed by atoms with Crippen molar-refractivity contribution < 1.29 is 0 Å². The van der Waals surface area contributed by atoms with E-state index < -0.39 is 0 Å². The summed E-state index contributed by atoms with van der Waals surface area (Å²) in [5, 5.41) is 9.07. The van der Waals surface area contributed by atoms with Crippen molar-refractivity contribution in [3.63, 3.8) is 0 Å². The fraction of sp³-hybridized carbons (Fsp3) is 0.368. The van der Waals surface area contributed by atoms with Crippen molar-refractivity contribution in [1.29, 1.82) is 5.26 Å². The summed E-state index contributed by atoms with van der Waals surface area (Å²) in [7, 11) is 0. The molecule has 114 valence electrons. The molecule has 0 aliphatic rings. The first-order valence-corrected chi connectivity index (χ1v) is 7.66. The summed E-state index contributed by atoms with van der Waals surface area (Å²) in [5.74, 6) is 0.722. The first-order chi connectivity index (χ1) is 10.4. The summed E-state index contributed by atoms with van der Waals surface area (Å²) in [4.78, 5) is 12.4. The molecule has 2 rings (SSSR count). The van der Waals surface area contributed by atoms with Gasteiger partial charge in [0.25, 0.3) is 5.56 Å². The zero-order valence-corrected chi connectivity index (χ0v) is 13.6. The maximum absolute atomic E-state index is 12.4. The summed E-state index contributed by atoms with van der Waals surface area (Å²) in [6.45, 7) is 8.93. The van der Waals surface area contributed by atoms with E-state index in [1.807, 2.05) is 12.1 Å². The van der Waals surface area contributed by atoms with Gasteiger partial charge in [0.2, 0.25) is 0 Å². The minimum absolute atomic E-state index is 0.197. The van der Waals surface area contributed by atoms with Gasteiger partial charge in [0.15, 0.2) is 0 Å². The van der Waals surface area contributed by atoms with Crippen molar-refractivity contribution in [3.8, 4) is 6.07 Å². The van der Waals surface area contributed by atoms with Crippen molar-refractivity contribution in [2.45, 2.75) is 46.1 Å². The van der Waals surface area contributed by atoms with E-state index in [4.69, 9.17) is 5.26 Å². The molecule has 0 aliphatic carbocycles. The van der Waals surface area contributed by atoms with E-state index in [0.717, 1.165) is 11.3 Å². The summed E-state index contributed by atoms with van der Waals surface area (Å²) in [6.07, 6.45) is 0. The van der Waals surface area contributed by atoms with Crippen LogP contribution in [-0.4, -0.2) is 4.57 Å². The molecule has 1 aromatic heterocycles. The van der Waals surface area contributed by atoms with Crippen LogP contribution in [0.4, 0.5) is 0 Å². The minimum atomic E-state index is -0.207. The molecule has 0 spiro atoms. The first kappa shape index (κ1) is 16.0. The van der Waals surface area contributed by atoms with Gasteiger partial charge in [-0.2, -0.15) is 5.26 Å². The minimum Gasteiger partial charge on any atom is -0.307 e. The van der Waals surface area contributed by atoms with Gasteiger partial charge in [0.1, 0.15) is 11.6 Å². The molecular weight excluding hydrogens is 272 g/mol. The number of aromatic nitrogens is 1. The Kier molecular flexibility index (Phi) is 4.82. The van der Waals surface area contributed by atoms with E-state index in [2.05, 4.69) is 52.0 Å². The monoisotopic (exact) mass is 294 g/mol. The van der Waals surface area contributed by atoms with Gasteiger partial charge in [0, 0.05) is 5.69 Å². The van der Waals surface area contributed by atoms with E-state index >= 15 is 0 Å². The smallest absolute Gasteiger partial charge is 0.268 e. The van der Waals surface area contributed by atoms with E-state index in [-0.39, 0.29) is 17.0 Å². The second-order valence-electron chi connectivity index (χ2n) is 6.23. The molecule has 3 nitrogen and oxygen atoms in total. The van der Waals surface area contributed by atoms with Gasteiger partial charge >= 0.3 is 0 Å². The SMILES string of the molecule is CC(C)c1ccc(Cn2c(C(C)C)ccc(C#N)c2=O)cc1. The number of nitriles is 1. The van der Waals surface area contributed by atoms with Crippen molar-refractivity contribution in [1.82, 2.24) is 4.57 Å². The molecule has 0 atom stereocenters. The van der Waals surface area contributed by atoms with E-state index in [1.54, 1.807) is 10.6 Å². The van der Waals surface area contributed by atoms with Crippen LogP contribution in [0.3, 0.4) is 0 Å². The van der Waals surface area contributed by atoms with Crippen LogP contribution >= 0.6 is 0 Å². The molecule has 1 aromatic carbocycles. The van der Waals surface area contributed by atoms with Gasteiger partial charge in [-0.05, 0) is 35.1 Å². The van der Waals surface area contributed by atoms with Crippen LogP contribution < -0.4 is 5.56 Å². The lowest BCUT2D eigenvalue weighted by molar-refractivity contribution is 0.657. The van der Waals surface area contributed by atoms with Crippen LogP contribution in [0.2, 0.25) is 0 Å². The third kappa shape index (κ3) is 3.28. The van der Waals surface area contributed by atoms with Gasteiger partial charge in [-0.3, -0.25) is 4.79 Å². The molecule has 3 heteroatoms. The average molecular weight is 294 g/mol. The molecule has 22 heavy (non-hydrogen) atoms. The normalized spacial score (nSPS) is 11.0. The third-order valence-electron chi connectivity index (χ3n) is 3.91. The van der Waals surface area contributed by atoms with Crippen molar-refractivity contribution >= 4 is 0 Å². The number of nitrogens with zero attached hydrogens (tertiary/aromatic N) is 2. The van der Waals surface area contributed by atoms with Crippen LogP contribution in [0, 0.1) is 11.3 Å². The van der Waals surface area contributed by atoms with Crippen LogP contribution in [0.15, 0.2) is 41.2 Å². The Labute approximate surface area is 131 Å². The first-order valence-electron chi connectivity index (χ1n) is 7.66. The van der Waals surface area contributed by atoms with E-state index in [1.165, 1.54) is 5.56 Å². The third-order valence-corrected chi connectivity index (χ3v) is 3.91. The highest BCUT2D eigenvalue weighted by Gasteiger charge is 2.12. The van der Waals surface area contributed by atoms with Crippen molar-refractivity contribution in [3.05, 3.63) is 69.1 Å². The van der Waals surface area contributed by atoms with Crippen molar-refractivity contribution in [2.75, 3.05) is 0 Å². The second-order valence-corrected chi connectivity index (χ2v) is 6.23. The highest BCUT2D eigenvalue weighted by Crippen LogP contribution is 2.17. The van der Waals surface area contributed by atoms with Gasteiger partial charge < -0.3 is 4.57 Å². The highest BCUT2D eigenvalue weighted by atomic mass is 16.1. The molecule has 0 fully saturated rings. The Morgan fingerprint density at radius 2 is 1.64 bits per heavy atom. The second kappa shape index (κ2) is 6.62. The topological polar surface area (TPSA) is 45.8 Å². The van der Waals surface area contributed by atoms with Gasteiger partial charge in [0.05, 0.1) is 6.54 Å². The summed E-state index contributed by atoms with van der Waals surface area (Å²) in [6, 6.07) is 13.8. The largest absolute Gasteiger partial charge is 0.307 e. The molecule has 0 unspecified atom stereocenters. The average Bonchev–Trinajstić information content (AvgIpc) is 2.49. The Morgan fingerprint density at radius 3 is 2.14 bits per heavy atom. The number of rotatable bonds is 4. The molecule has 0 saturated carbocycles. The van der Waals surface area contributed by atoms with E-state index in [9.17, 15) is 4.79 Å². The predicted molar refractivity (Wildman–Crippen MR) is 89.1 cm³/mol. The zero-order chi connectivity index (χ0) is 16.3. The van der Waals surface area contributed by atoms with Gasteiger partial charge in [-0.25, -0.2) is 0 Å². The number of benzene rings is 1. The van der Waals surface area contributed by atoms with Gasteiger partial charge in [-0.1, -0.05) is 52.0 Å². The molecule has 0 amide bonds. The lowest BCUT2D eigenvalue weighted by Crippen LogP contribution is -2.26. The Morgan fingerprint density at radius 1 is 1.00 bits per heavy atom. The van der Waals surface area contributed by atoms with Crippen LogP contribution in [0.1, 0.15) is 61.9 Å². The maximum atomic E-state index is 12.4. The maximum Gasteiger partial charge on any atom is 0.268 e. The predicted octanol–water partition coefficient (Wildman–Crippen LogP) is 4.02. The number of pyridine rings is 1. The standard InChI is InChI=1S/C19H22N2O/c1-13(2)16-7-5-15(6-8-16)12-21-18(14(3)4)10-9-17(11-20)19(21)22/h5-10,13-14H,12H2,1-4H3. The zero-order valence-electron chi connectivity index (χ0n) is 13.6. The molecule has 0 aliphatic heterocycles. The fourth-order valence-electron chi connectivity index (χ4n) is 2.54. The quantitative estimate of drug-likeness (QED) is 0.855. The number of hydrogen-bond acceptors (Lipinski definition) is 2. The molecule has 0 bridgehead atoms. The Bertz CT molecular complexity index is 746. The summed E-state index contributed by atoms with van der Waals surface area (Å²) in [5.41, 5.74) is 3.30. The lowest BCUT2D eigenvalue weighted by atomic mass is 10.0. The Hall–Kier alpha value is -2.34. The van der Waals surface area contributed by atoms with Crippen LogP contribution in [0.5, 0.6) is 0 Å². The highest BCUT2D eigenvalue weighted by molar-refractivity contribution is 5.30. The van der Waals surface area contributed by atoms with Crippen LogP contribution in [0.25, 0.3) is 0 Å². The molecule has 0 saturated heterocycles. The molecule has 0 N–H and O–H groups in total. The molecule has 2 aromatic rings. The molecule has 0 radical (unpaired) electrons. The Balaban J connectivity index is 2.44. The molecule has 1 heterocycles. The number of hydrogen-bond donors (Lipinski definition) is 0. The van der Waals surface area contributed by atoms with E-state index in [0.29, 0.717) is 12.5 Å². The lowest BCUT2D eigenvalue weighted by Gasteiger charge is -2.16.